The molecule has 1 aromatic heterocycles. The zero-order chi connectivity index (χ0) is 10.7. The lowest BCUT2D eigenvalue weighted by atomic mass is 10.4. The maximum atomic E-state index is 4.39. The summed E-state index contributed by atoms with van der Waals surface area (Å²) in [6, 6.07) is 0.755. The summed E-state index contributed by atoms with van der Waals surface area (Å²) in [7, 11) is 0. The molecule has 0 aliphatic heterocycles. The molecule has 84 valence electrons. The highest BCUT2D eigenvalue weighted by Gasteiger charge is 2.20. The van der Waals surface area contributed by atoms with Gasteiger partial charge in [-0.1, -0.05) is 0 Å². The predicted octanol–water partition coefficient (Wildman–Crippen LogP) is 1.51. The highest BCUT2D eigenvalue weighted by atomic mass is 15.3. The molecular weight excluding hydrogens is 188 g/mol. The number of aromatic amines is 1. The Morgan fingerprint density at radius 1 is 1.47 bits per heavy atom. The third kappa shape index (κ3) is 2.72. The number of anilines is 1. The Labute approximate surface area is 91.1 Å². The average molecular weight is 208 g/mol. The number of aromatic nitrogens is 2. The highest BCUT2D eigenvalue weighted by Crippen LogP contribution is 2.19. The minimum atomic E-state index is 0.755. The molecule has 1 aromatic rings. The number of nitrogens with one attached hydrogen (secondary N) is 2. The first-order chi connectivity index (χ1) is 7.33. The predicted molar refractivity (Wildman–Crippen MR) is 62.0 cm³/mol. The monoisotopic (exact) mass is 208 g/mol. The fraction of sp³-hybridized carbons (Fsp3) is 0.727. The van der Waals surface area contributed by atoms with Crippen LogP contribution < -0.4 is 10.2 Å². The number of imidazole rings is 1. The van der Waals surface area contributed by atoms with Crippen molar-refractivity contribution in [2.45, 2.75) is 39.3 Å². The molecule has 2 rings (SSSR count). The first-order valence-electron chi connectivity index (χ1n) is 5.85. The Bertz CT molecular complexity index is 299. The number of nitrogens with zero attached hydrogens (tertiary/aromatic N) is 2. The summed E-state index contributed by atoms with van der Waals surface area (Å²) in [6.07, 6.45) is 4.59. The first kappa shape index (κ1) is 10.5. The van der Waals surface area contributed by atoms with E-state index in [4.69, 9.17) is 0 Å². The molecule has 1 fully saturated rings. The molecule has 15 heavy (non-hydrogen) atoms. The van der Waals surface area contributed by atoms with Crippen LogP contribution in [0.1, 0.15) is 32.4 Å². The van der Waals surface area contributed by atoms with Gasteiger partial charge < -0.3 is 15.2 Å². The molecule has 4 heteroatoms. The Hall–Kier alpha value is -1.03. The summed E-state index contributed by atoms with van der Waals surface area (Å²) in [5.41, 5.74) is 1.18. The SMILES string of the molecule is CCN(CC)c1ncc(CNC2CC2)[nH]1. The van der Waals surface area contributed by atoms with E-state index < -0.39 is 0 Å². The van der Waals surface area contributed by atoms with Gasteiger partial charge in [0, 0.05) is 25.7 Å². The van der Waals surface area contributed by atoms with Gasteiger partial charge in [-0.05, 0) is 26.7 Å². The normalized spacial score (nSPS) is 15.6. The van der Waals surface area contributed by atoms with Crippen molar-refractivity contribution in [3.63, 3.8) is 0 Å². The van der Waals surface area contributed by atoms with Crippen molar-refractivity contribution in [1.29, 1.82) is 0 Å². The van der Waals surface area contributed by atoms with Gasteiger partial charge in [-0.25, -0.2) is 4.98 Å². The molecular formula is C11H20N4. The van der Waals surface area contributed by atoms with Crippen molar-refractivity contribution in [3.8, 4) is 0 Å². The van der Waals surface area contributed by atoms with Gasteiger partial charge in [0.1, 0.15) is 0 Å². The van der Waals surface area contributed by atoms with E-state index in [1.807, 2.05) is 6.20 Å². The minimum Gasteiger partial charge on any atom is -0.343 e. The Balaban J connectivity index is 1.89. The van der Waals surface area contributed by atoms with E-state index in [-0.39, 0.29) is 0 Å². The smallest absolute Gasteiger partial charge is 0.202 e. The van der Waals surface area contributed by atoms with Crippen LogP contribution in [0.4, 0.5) is 5.95 Å². The van der Waals surface area contributed by atoms with Gasteiger partial charge in [-0.15, -0.1) is 0 Å². The molecule has 0 amide bonds. The maximum Gasteiger partial charge on any atom is 0.202 e. The summed E-state index contributed by atoms with van der Waals surface area (Å²) < 4.78 is 0. The number of rotatable bonds is 6. The second-order valence-corrected chi connectivity index (χ2v) is 4.06. The average Bonchev–Trinajstić information content (AvgIpc) is 2.97. The summed E-state index contributed by atoms with van der Waals surface area (Å²) in [4.78, 5) is 9.96. The third-order valence-electron chi connectivity index (χ3n) is 2.84. The molecule has 0 bridgehead atoms. The zero-order valence-electron chi connectivity index (χ0n) is 9.58. The molecule has 0 radical (unpaired) electrons. The number of H-pyrrole nitrogens is 1. The van der Waals surface area contributed by atoms with Crippen molar-refractivity contribution in [3.05, 3.63) is 11.9 Å². The lowest BCUT2D eigenvalue weighted by molar-refractivity contribution is 0.676. The standard InChI is InChI=1S/C11H20N4/c1-3-15(4-2)11-13-8-10(14-11)7-12-9-5-6-9/h8-9,12H,3-7H2,1-2H3,(H,13,14). The van der Waals surface area contributed by atoms with Crippen LogP contribution in [0, 0.1) is 0 Å². The third-order valence-corrected chi connectivity index (χ3v) is 2.84. The van der Waals surface area contributed by atoms with Gasteiger partial charge in [0.2, 0.25) is 5.95 Å². The minimum absolute atomic E-state index is 0.755. The molecule has 0 saturated heterocycles. The van der Waals surface area contributed by atoms with E-state index in [2.05, 4.69) is 34.0 Å². The fourth-order valence-electron chi connectivity index (χ4n) is 1.66. The lowest BCUT2D eigenvalue weighted by Crippen LogP contribution is -2.23. The van der Waals surface area contributed by atoms with Gasteiger partial charge in [0.15, 0.2) is 0 Å². The molecule has 0 unspecified atom stereocenters. The molecule has 1 aliphatic rings. The topological polar surface area (TPSA) is 44.0 Å². The van der Waals surface area contributed by atoms with Gasteiger partial charge in [0.25, 0.3) is 0 Å². The van der Waals surface area contributed by atoms with E-state index in [1.165, 1.54) is 18.5 Å². The van der Waals surface area contributed by atoms with Crippen LogP contribution in [0.2, 0.25) is 0 Å². The summed E-state index contributed by atoms with van der Waals surface area (Å²) in [5, 5.41) is 3.47. The van der Waals surface area contributed by atoms with Crippen molar-refractivity contribution < 1.29 is 0 Å². The Morgan fingerprint density at radius 3 is 2.80 bits per heavy atom. The van der Waals surface area contributed by atoms with Crippen LogP contribution in [0.3, 0.4) is 0 Å². The van der Waals surface area contributed by atoms with Crippen LogP contribution in [-0.2, 0) is 6.54 Å². The van der Waals surface area contributed by atoms with Crippen molar-refractivity contribution in [2.24, 2.45) is 0 Å². The number of hydrogen-bond acceptors (Lipinski definition) is 3. The van der Waals surface area contributed by atoms with Crippen molar-refractivity contribution in [2.75, 3.05) is 18.0 Å². The molecule has 4 nitrogen and oxygen atoms in total. The molecule has 0 aromatic carbocycles. The molecule has 0 spiro atoms. The maximum absolute atomic E-state index is 4.39. The van der Waals surface area contributed by atoms with Gasteiger partial charge >= 0.3 is 0 Å². The van der Waals surface area contributed by atoms with Gasteiger partial charge in [-0.2, -0.15) is 0 Å². The molecule has 1 aliphatic carbocycles. The quantitative estimate of drug-likeness (QED) is 0.744. The highest BCUT2D eigenvalue weighted by molar-refractivity contribution is 5.30. The van der Waals surface area contributed by atoms with E-state index in [0.29, 0.717) is 0 Å². The van der Waals surface area contributed by atoms with Crippen LogP contribution in [0.15, 0.2) is 6.20 Å². The van der Waals surface area contributed by atoms with E-state index in [9.17, 15) is 0 Å². The molecule has 0 atom stereocenters. The summed E-state index contributed by atoms with van der Waals surface area (Å²) in [5.74, 6) is 0.993. The summed E-state index contributed by atoms with van der Waals surface area (Å²) in [6.45, 7) is 7.21. The second-order valence-electron chi connectivity index (χ2n) is 4.06. The first-order valence-corrected chi connectivity index (χ1v) is 5.85. The van der Waals surface area contributed by atoms with Crippen molar-refractivity contribution in [1.82, 2.24) is 15.3 Å². The Morgan fingerprint density at radius 2 is 2.20 bits per heavy atom. The molecule has 2 N–H and O–H groups in total. The number of hydrogen-bond donors (Lipinski definition) is 2. The second kappa shape index (κ2) is 4.66. The fourth-order valence-corrected chi connectivity index (χ4v) is 1.66. The molecule has 1 heterocycles. The van der Waals surface area contributed by atoms with Crippen LogP contribution in [0.25, 0.3) is 0 Å². The van der Waals surface area contributed by atoms with Gasteiger partial charge in [-0.3, -0.25) is 0 Å². The van der Waals surface area contributed by atoms with Crippen molar-refractivity contribution >= 4 is 5.95 Å². The van der Waals surface area contributed by atoms with Crippen LogP contribution >= 0.6 is 0 Å². The summed E-state index contributed by atoms with van der Waals surface area (Å²) >= 11 is 0. The lowest BCUT2D eigenvalue weighted by Gasteiger charge is -2.16. The largest absolute Gasteiger partial charge is 0.343 e. The van der Waals surface area contributed by atoms with E-state index in [1.54, 1.807) is 0 Å². The Kier molecular flexibility index (Phi) is 3.26. The van der Waals surface area contributed by atoms with Gasteiger partial charge in [0.05, 0.1) is 11.9 Å². The van der Waals surface area contributed by atoms with E-state index >= 15 is 0 Å². The zero-order valence-corrected chi connectivity index (χ0v) is 9.58. The molecule has 1 saturated carbocycles. The van der Waals surface area contributed by atoms with E-state index in [0.717, 1.165) is 31.6 Å². The van der Waals surface area contributed by atoms with Crippen LogP contribution in [-0.4, -0.2) is 29.1 Å². The van der Waals surface area contributed by atoms with Crippen LogP contribution in [0.5, 0.6) is 0 Å².